The number of fused-ring (bicyclic) bond motifs is 1. The average Bonchev–Trinajstić information content (AvgIpc) is 2.91. The minimum atomic E-state index is -3.83. The van der Waals surface area contributed by atoms with Crippen molar-refractivity contribution in [1.82, 2.24) is 9.80 Å². The molecule has 7 heteroatoms. The van der Waals surface area contributed by atoms with Gasteiger partial charge in [-0.1, -0.05) is 18.2 Å². The zero-order valence-corrected chi connectivity index (χ0v) is 14.7. The van der Waals surface area contributed by atoms with E-state index in [0.717, 1.165) is 39.3 Å². The summed E-state index contributed by atoms with van der Waals surface area (Å²) in [5, 5.41) is 3.61. The second kappa shape index (κ2) is 7.27. The van der Waals surface area contributed by atoms with Gasteiger partial charge in [0, 0.05) is 37.4 Å². The van der Waals surface area contributed by atoms with E-state index in [1.807, 2.05) is 0 Å². The number of nitrogens with zero attached hydrogens (tertiary/aromatic N) is 2. The number of benzene rings is 1. The van der Waals surface area contributed by atoms with Gasteiger partial charge < -0.3 is 4.90 Å². The Morgan fingerprint density at radius 3 is 2.52 bits per heavy atom. The highest BCUT2D eigenvalue weighted by Crippen LogP contribution is 2.26. The van der Waals surface area contributed by atoms with Gasteiger partial charge in [0.2, 0.25) is 0 Å². The van der Waals surface area contributed by atoms with Crippen molar-refractivity contribution in [1.29, 1.82) is 0 Å². The SMILES string of the molecule is O=S(=O)(O)CCCN1CCN(Cc2csc3ccccc23)CC1. The first-order chi connectivity index (χ1) is 11.0. The predicted octanol–water partition coefficient (Wildman–Crippen LogP) is 2.30. The number of thiophene rings is 1. The summed E-state index contributed by atoms with van der Waals surface area (Å²) in [6.45, 7) is 5.60. The van der Waals surface area contributed by atoms with Crippen LogP contribution in [0, 0.1) is 0 Å². The highest BCUT2D eigenvalue weighted by Gasteiger charge is 2.18. The van der Waals surface area contributed by atoms with Crippen LogP contribution >= 0.6 is 11.3 Å². The van der Waals surface area contributed by atoms with Crippen LogP contribution in [0.25, 0.3) is 10.1 Å². The van der Waals surface area contributed by atoms with Crippen LogP contribution < -0.4 is 0 Å². The fourth-order valence-electron chi connectivity index (χ4n) is 3.04. The normalized spacial score (nSPS) is 17.8. The summed E-state index contributed by atoms with van der Waals surface area (Å²) in [5.74, 6) is -0.145. The fourth-order valence-corrected chi connectivity index (χ4v) is 4.49. The summed E-state index contributed by atoms with van der Waals surface area (Å²) < 4.78 is 31.6. The van der Waals surface area contributed by atoms with Gasteiger partial charge in [-0.05, 0) is 35.4 Å². The van der Waals surface area contributed by atoms with E-state index >= 15 is 0 Å². The van der Waals surface area contributed by atoms with Crippen molar-refractivity contribution in [2.24, 2.45) is 0 Å². The summed E-state index contributed by atoms with van der Waals surface area (Å²) in [5.41, 5.74) is 1.39. The predicted molar refractivity (Wildman–Crippen MR) is 94.6 cm³/mol. The second-order valence-corrected chi connectivity index (χ2v) is 8.50. The Balaban J connectivity index is 1.48. The van der Waals surface area contributed by atoms with Crippen LogP contribution in [0.5, 0.6) is 0 Å². The molecule has 3 rings (SSSR count). The number of piperazine rings is 1. The molecule has 1 fully saturated rings. The smallest absolute Gasteiger partial charge is 0.264 e. The van der Waals surface area contributed by atoms with Crippen LogP contribution in [0.15, 0.2) is 29.6 Å². The minimum absolute atomic E-state index is 0.145. The Kier molecular flexibility index (Phi) is 5.33. The molecule has 0 aliphatic carbocycles. The molecule has 0 atom stereocenters. The Labute approximate surface area is 141 Å². The standard InChI is InChI=1S/C16H22N2O3S2/c19-23(20,21)11-3-6-17-7-9-18(10-8-17)12-14-13-22-16-5-2-1-4-15(14)16/h1-2,4-5,13H,3,6-12H2,(H,19,20,21). The first-order valence-corrected chi connectivity index (χ1v) is 10.4. The highest BCUT2D eigenvalue weighted by atomic mass is 32.2. The molecule has 0 unspecified atom stereocenters. The van der Waals surface area contributed by atoms with Gasteiger partial charge >= 0.3 is 0 Å². The van der Waals surface area contributed by atoms with Gasteiger partial charge in [0.25, 0.3) is 10.1 Å². The zero-order chi connectivity index (χ0) is 16.3. The van der Waals surface area contributed by atoms with Crippen LogP contribution in [-0.2, 0) is 16.7 Å². The van der Waals surface area contributed by atoms with Crippen LogP contribution in [0.1, 0.15) is 12.0 Å². The minimum Gasteiger partial charge on any atom is -0.301 e. The molecule has 1 N–H and O–H groups in total. The largest absolute Gasteiger partial charge is 0.301 e. The number of rotatable bonds is 6. The van der Waals surface area contributed by atoms with Crippen molar-refractivity contribution in [2.75, 3.05) is 38.5 Å². The Hall–Kier alpha value is -0.990. The molecule has 5 nitrogen and oxygen atoms in total. The van der Waals surface area contributed by atoms with E-state index in [9.17, 15) is 8.42 Å². The molecule has 1 aromatic carbocycles. The topological polar surface area (TPSA) is 60.9 Å². The van der Waals surface area contributed by atoms with E-state index in [0.29, 0.717) is 6.42 Å². The summed E-state index contributed by atoms with van der Waals surface area (Å²) in [6, 6.07) is 8.52. The van der Waals surface area contributed by atoms with E-state index in [2.05, 4.69) is 39.4 Å². The average molecular weight is 354 g/mol. The van der Waals surface area contributed by atoms with E-state index in [-0.39, 0.29) is 5.75 Å². The van der Waals surface area contributed by atoms with Crippen molar-refractivity contribution in [3.8, 4) is 0 Å². The molecule has 0 saturated carbocycles. The van der Waals surface area contributed by atoms with Gasteiger partial charge in [-0.2, -0.15) is 8.42 Å². The molecule has 1 aliphatic rings. The molecule has 126 valence electrons. The van der Waals surface area contributed by atoms with Crippen LogP contribution in [0.3, 0.4) is 0 Å². The third-order valence-corrected chi connectivity index (χ3v) is 6.11. The lowest BCUT2D eigenvalue weighted by atomic mass is 10.1. The van der Waals surface area contributed by atoms with Gasteiger partial charge in [-0.25, -0.2) is 0 Å². The van der Waals surface area contributed by atoms with E-state index in [1.165, 1.54) is 15.6 Å². The van der Waals surface area contributed by atoms with Gasteiger partial charge in [-0.15, -0.1) is 11.3 Å². The lowest BCUT2D eigenvalue weighted by molar-refractivity contribution is 0.128. The Morgan fingerprint density at radius 1 is 1.09 bits per heavy atom. The lowest BCUT2D eigenvalue weighted by Gasteiger charge is -2.34. The molecule has 23 heavy (non-hydrogen) atoms. The zero-order valence-electron chi connectivity index (χ0n) is 13.0. The first-order valence-electron chi connectivity index (χ1n) is 7.86. The third kappa shape index (κ3) is 4.74. The molecule has 0 bridgehead atoms. The molecular formula is C16H22N2O3S2. The van der Waals surface area contributed by atoms with Gasteiger partial charge in [-0.3, -0.25) is 9.45 Å². The molecular weight excluding hydrogens is 332 g/mol. The fraction of sp³-hybridized carbons (Fsp3) is 0.500. The molecule has 2 aromatic rings. The molecule has 1 saturated heterocycles. The van der Waals surface area contributed by atoms with Crippen LogP contribution in [0.4, 0.5) is 0 Å². The van der Waals surface area contributed by atoms with Gasteiger partial charge in [0.1, 0.15) is 0 Å². The summed E-state index contributed by atoms with van der Waals surface area (Å²) >= 11 is 1.80. The van der Waals surface area contributed by atoms with Crippen molar-refractivity contribution >= 4 is 31.5 Å². The first kappa shape index (κ1) is 16.9. The maximum absolute atomic E-state index is 10.7. The maximum atomic E-state index is 10.7. The molecule has 1 aromatic heterocycles. The quantitative estimate of drug-likeness (QED) is 0.807. The Morgan fingerprint density at radius 2 is 1.78 bits per heavy atom. The van der Waals surface area contributed by atoms with Crippen LogP contribution in [0.2, 0.25) is 0 Å². The lowest BCUT2D eigenvalue weighted by Crippen LogP contribution is -2.46. The molecule has 0 amide bonds. The molecule has 0 radical (unpaired) electrons. The maximum Gasteiger partial charge on any atom is 0.264 e. The molecule has 1 aliphatic heterocycles. The highest BCUT2D eigenvalue weighted by molar-refractivity contribution is 7.85. The van der Waals surface area contributed by atoms with Crippen LogP contribution in [-0.4, -0.2) is 61.2 Å². The summed E-state index contributed by atoms with van der Waals surface area (Å²) in [7, 11) is -3.83. The monoisotopic (exact) mass is 354 g/mol. The van der Waals surface area contributed by atoms with Crippen molar-refractivity contribution < 1.29 is 13.0 Å². The summed E-state index contributed by atoms with van der Waals surface area (Å²) in [6.07, 6.45) is 0.494. The van der Waals surface area contributed by atoms with Crippen molar-refractivity contribution in [2.45, 2.75) is 13.0 Å². The van der Waals surface area contributed by atoms with E-state index < -0.39 is 10.1 Å². The number of hydrogen-bond donors (Lipinski definition) is 1. The second-order valence-electron chi connectivity index (χ2n) is 6.01. The van der Waals surface area contributed by atoms with Crippen molar-refractivity contribution in [3.63, 3.8) is 0 Å². The van der Waals surface area contributed by atoms with E-state index in [1.54, 1.807) is 11.3 Å². The van der Waals surface area contributed by atoms with E-state index in [4.69, 9.17) is 4.55 Å². The molecule has 0 spiro atoms. The van der Waals surface area contributed by atoms with Crippen molar-refractivity contribution in [3.05, 3.63) is 35.2 Å². The third-order valence-electron chi connectivity index (χ3n) is 4.30. The number of hydrogen-bond acceptors (Lipinski definition) is 5. The van der Waals surface area contributed by atoms with Gasteiger partial charge in [0.05, 0.1) is 5.75 Å². The van der Waals surface area contributed by atoms with Gasteiger partial charge in [0.15, 0.2) is 0 Å². The Bertz CT molecular complexity index is 750. The molecule has 2 heterocycles. The summed E-state index contributed by atoms with van der Waals surface area (Å²) in [4.78, 5) is 4.72.